The second-order valence-electron chi connectivity index (χ2n) is 8.57. The highest BCUT2D eigenvalue weighted by atomic mass is 19.1. The molecule has 8 heteroatoms. The maximum atomic E-state index is 13.0. The first-order valence-electron chi connectivity index (χ1n) is 10.8. The fraction of sp³-hybridized carbons (Fsp3) is 0.435. The highest BCUT2D eigenvalue weighted by molar-refractivity contribution is 5.93. The second kappa shape index (κ2) is 8.63. The summed E-state index contributed by atoms with van der Waals surface area (Å²) in [6, 6.07) is 5.63. The molecule has 160 valence electrons. The Morgan fingerprint density at radius 3 is 2.65 bits per heavy atom. The normalized spacial score (nSPS) is 22.2. The molecule has 2 aliphatic rings. The second-order valence-corrected chi connectivity index (χ2v) is 8.57. The van der Waals surface area contributed by atoms with Gasteiger partial charge in [0.2, 0.25) is 5.91 Å². The van der Waals surface area contributed by atoms with Crippen LogP contribution in [-0.4, -0.2) is 56.5 Å². The zero-order valence-electron chi connectivity index (χ0n) is 17.2. The topological polar surface area (TPSA) is 83.9 Å². The number of likely N-dealkylation sites (tertiary alicyclic amines) is 1. The van der Waals surface area contributed by atoms with E-state index in [1.807, 2.05) is 12.1 Å². The van der Waals surface area contributed by atoms with E-state index in [2.05, 4.69) is 30.2 Å². The van der Waals surface area contributed by atoms with Crippen LogP contribution in [0.15, 0.2) is 43.0 Å². The van der Waals surface area contributed by atoms with Crippen LogP contribution >= 0.6 is 0 Å². The average molecular weight is 420 g/mol. The van der Waals surface area contributed by atoms with E-state index < -0.39 is 6.17 Å². The lowest BCUT2D eigenvalue weighted by molar-refractivity contribution is -0.121. The SMILES string of the molecule is O=C(Nc1cc2nc(-c3cnccn3)ccc2cn1)C1CCC(CN2CC(F)C2)CC1. The van der Waals surface area contributed by atoms with Gasteiger partial charge in [0, 0.05) is 55.6 Å². The number of carbonyl (C=O) groups is 1. The van der Waals surface area contributed by atoms with Crippen molar-refractivity contribution in [1.82, 2.24) is 24.8 Å². The van der Waals surface area contributed by atoms with E-state index in [1.165, 1.54) is 0 Å². The summed E-state index contributed by atoms with van der Waals surface area (Å²) in [6.07, 6.45) is 9.77. The Bertz CT molecular complexity index is 1060. The molecule has 0 bridgehead atoms. The fourth-order valence-corrected chi connectivity index (χ4v) is 4.52. The Labute approximate surface area is 180 Å². The van der Waals surface area contributed by atoms with Crippen molar-refractivity contribution in [3.8, 4) is 11.4 Å². The molecular formula is C23H25FN6O. The number of nitrogens with one attached hydrogen (secondary N) is 1. The van der Waals surface area contributed by atoms with Gasteiger partial charge in [-0.15, -0.1) is 0 Å². The van der Waals surface area contributed by atoms with Crippen molar-refractivity contribution >= 4 is 22.6 Å². The number of alkyl halides is 1. The standard InChI is InChI=1S/C23H25FN6O/c24-18-13-30(14-18)12-15-1-3-16(4-2-15)23(31)29-22-9-20-17(10-27-22)5-6-19(28-20)21-11-25-7-8-26-21/h5-11,15-16,18H,1-4,12-14H2,(H,27,29,31). The maximum absolute atomic E-state index is 13.0. The van der Waals surface area contributed by atoms with Gasteiger partial charge >= 0.3 is 0 Å². The van der Waals surface area contributed by atoms with Crippen molar-refractivity contribution in [3.63, 3.8) is 0 Å². The van der Waals surface area contributed by atoms with Crippen molar-refractivity contribution < 1.29 is 9.18 Å². The predicted molar refractivity (Wildman–Crippen MR) is 116 cm³/mol. The summed E-state index contributed by atoms with van der Waals surface area (Å²) in [7, 11) is 0. The van der Waals surface area contributed by atoms with Crippen molar-refractivity contribution in [2.45, 2.75) is 31.9 Å². The highest BCUT2D eigenvalue weighted by Gasteiger charge is 2.31. The molecule has 0 atom stereocenters. The lowest BCUT2D eigenvalue weighted by atomic mass is 9.81. The van der Waals surface area contributed by atoms with Crippen LogP contribution < -0.4 is 5.32 Å². The summed E-state index contributed by atoms with van der Waals surface area (Å²) in [5.74, 6) is 1.10. The van der Waals surface area contributed by atoms with E-state index in [1.54, 1.807) is 30.9 Å². The van der Waals surface area contributed by atoms with Crippen LogP contribution in [0.3, 0.4) is 0 Å². The Morgan fingerprint density at radius 1 is 1.06 bits per heavy atom. The van der Waals surface area contributed by atoms with Crippen molar-refractivity contribution in [2.75, 3.05) is 25.0 Å². The third kappa shape index (κ3) is 4.54. The average Bonchev–Trinajstić information content (AvgIpc) is 2.78. The lowest BCUT2D eigenvalue weighted by Gasteiger charge is -2.38. The van der Waals surface area contributed by atoms with E-state index in [-0.39, 0.29) is 11.8 Å². The summed E-state index contributed by atoms with van der Waals surface area (Å²) in [5.41, 5.74) is 2.17. The molecule has 0 aromatic carbocycles. The lowest BCUT2D eigenvalue weighted by Crippen LogP contribution is -2.50. The van der Waals surface area contributed by atoms with Gasteiger partial charge in [-0.2, -0.15) is 0 Å². The molecule has 5 rings (SSSR count). The number of nitrogens with zero attached hydrogens (tertiary/aromatic N) is 5. The van der Waals surface area contributed by atoms with Crippen LogP contribution in [0.2, 0.25) is 0 Å². The molecule has 0 spiro atoms. The van der Waals surface area contributed by atoms with Crippen molar-refractivity contribution in [1.29, 1.82) is 0 Å². The first kappa shape index (κ1) is 19.9. The molecular weight excluding hydrogens is 395 g/mol. The molecule has 0 unspecified atom stereocenters. The van der Waals surface area contributed by atoms with Gasteiger partial charge in [-0.1, -0.05) is 0 Å². The molecule has 1 aliphatic heterocycles. The van der Waals surface area contributed by atoms with Gasteiger partial charge in [-0.25, -0.2) is 14.4 Å². The molecule has 1 amide bonds. The van der Waals surface area contributed by atoms with E-state index in [0.717, 1.165) is 48.8 Å². The van der Waals surface area contributed by atoms with Crippen LogP contribution in [0.1, 0.15) is 25.7 Å². The Morgan fingerprint density at radius 2 is 1.90 bits per heavy atom. The molecule has 2 fully saturated rings. The van der Waals surface area contributed by atoms with Gasteiger partial charge in [0.25, 0.3) is 0 Å². The van der Waals surface area contributed by atoms with Gasteiger partial charge in [-0.05, 0) is 43.7 Å². The monoisotopic (exact) mass is 420 g/mol. The summed E-state index contributed by atoms with van der Waals surface area (Å²) in [4.78, 5) is 32.4. The molecule has 1 saturated heterocycles. The molecule has 3 aromatic rings. The number of hydrogen-bond acceptors (Lipinski definition) is 6. The largest absolute Gasteiger partial charge is 0.310 e. The maximum Gasteiger partial charge on any atom is 0.228 e. The smallest absolute Gasteiger partial charge is 0.228 e. The number of carbonyl (C=O) groups excluding carboxylic acids is 1. The minimum Gasteiger partial charge on any atom is -0.310 e. The fourth-order valence-electron chi connectivity index (χ4n) is 4.52. The Hall–Kier alpha value is -3.00. The summed E-state index contributed by atoms with van der Waals surface area (Å²) < 4.78 is 13.0. The Balaban J connectivity index is 1.21. The number of amides is 1. The summed E-state index contributed by atoms with van der Waals surface area (Å²) in [6.45, 7) is 2.10. The summed E-state index contributed by atoms with van der Waals surface area (Å²) >= 11 is 0. The van der Waals surface area contributed by atoms with Crippen LogP contribution in [0.25, 0.3) is 22.3 Å². The zero-order chi connectivity index (χ0) is 21.2. The van der Waals surface area contributed by atoms with Crippen molar-refractivity contribution in [3.05, 3.63) is 43.0 Å². The third-order valence-corrected chi connectivity index (χ3v) is 6.30. The zero-order valence-corrected chi connectivity index (χ0v) is 17.2. The molecule has 0 radical (unpaired) electrons. The molecule has 3 aromatic heterocycles. The van der Waals surface area contributed by atoms with Gasteiger partial charge in [0.1, 0.15) is 17.7 Å². The van der Waals surface area contributed by atoms with Gasteiger partial charge < -0.3 is 5.32 Å². The minimum absolute atomic E-state index is 0.00190. The predicted octanol–water partition coefficient (Wildman–Crippen LogP) is 3.49. The van der Waals surface area contributed by atoms with Gasteiger partial charge in [0.15, 0.2) is 0 Å². The van der Waals surface area contributed by atoms with Crippen molar-refractivity contribution in [2.24, 2.45) is 11.8 Å². The first-order chi connectivity index (χ1) is 15.1. The quantitative estimate of drug-likeness (QED) is 0.680. The molecule has 31 heavy (non-hydrogen) atoms. The molecule has 1 saturated carbocycles. The van der Waals surface area contributed by atoms with Crippen LogP contribution in [0.5, 0.6) is 0 Å². The van der Waals surface area contributed by atoms with E-state index in [9.17, 15) is 9.18 Å². The first-order valence-corrected chi connectivity index (χ1v) is 10.8. The number of pyridine rings is 2. The number of halogens is 1. The third-order valence-electron chi connectivity index (χ3n) is 6.30. The number of hydrogen-bond donors (Lipinski definition) is 1. The molecule has 1 aliphatic carbocycles. The van der Waals surface area contributed by atoms with Crippen LogP contribution in [-0.2, 0) is 4.79 Å². The van der Waals surface area contributed by atoms with Crippen LogP contribution in [0.4, 0.5) is 10.2 Å². The summed E-state index contributed by atoms with van der Waals surface area (Å²) in [5, 5.41) is 3.86. The minimum atomic E-state index is -0.650. The van der Waals surface area contributed by atoms with Gasteiger partial charge in [0.05, 0.1) is 17.4 Å². The number of fused-ring (bicyclic) bond motifs is 1. The van der Waals surface area contributed by atoms with E-state index in [0.29, 0.717) is 30.5 Å². The number of anilines is 1. The van der Waals surface area contributed by atoms with Crippen LogP contribution in [0, 0.1) is 11.8 Å². The van der Waals surface area contributed by atoms with E-state index >= 15 is 0 Å². The van der Waals surface area contributed by atoms with Gasteiger partial charge in [-0.3, -0.25) is 19.7 Å². The van der Waals surface area contributed by atoms with E-state index in [4.69, 9.17) is 0 Å². The molecule has 7 nitrogen and oxygen atoms in total. The highest BCUT2D eigenvalue weighted by Crippen LogP contribution is 2.31. The Kier molecular flexibility index (Phi) is 5.55. The number of aromatic nitrogens is 4. The molecule has 1 N–H and O–H groups in total. The number of rotatable bonds is 5. The molecule has 4 heterocycles.